The number of Topliss-reactive ketones (excluding diaryl/α,β-unsaturated/α-hetero) is 1. The largest absolute Gasteiger partial charge is 0.494 e. The van der Waals surface area contributed by atoms with Gasteiger partial charge < -0.3 is 4.74 Å². The Morgan fingerprint density at radius 1 is 0.923 bits per heavy atom. The summed E-state index contributed by atoms with van der Waals surface area (Å²) in [6.45, 7) is 5.16. The molecule has 0 unspecified atom stereocenters. The van der Waals surface area contributed by atoms with Crippen LogP contribution in [-0.2, 0) is 4.79 Å². The molecule has 0 bridgehead atoms. The van der Waals surface area contributed by atoms with Crippen LogP contribution in [0.5, 0.6) is 5.75 Å². The van der Waals surface area contributed by atoms with Crippen LogP contribution in [0.15, 0.2) is 48.5 Å². The summed E-state index contributed by atoms with van der Waals surface area (Å²) in [4.78, 5) is 12.3. The molecule has 0 radical (unpaired) electrons. The molecular formula is C24H30O2. The van der Waals surface area contributed by atoms with E-state index >= 15 is 0 Å². The number of unbranched alkanes of at least 4 members (excludes halogenated alkanes) is 2. The standard InChI is InChI=1S/C24H30O2/c1-3-4-5-16-26-22-13-11-20(12-14-22)19-7-9-21(10-8-19)23-15-6-18(2)17-24(23)25/h7-14,18,23H,3-6,15-17H2,1-2H3/t18-,23+/m0/s1. The van der Waals surface area contributed by atoms with Crippen LogP contribution in [0.4, 0.5) is 0 Å². The molecule has 0 spiro atoms. The van der Waals surface area contributed by atoms with E-state index in [1.807, 2.05) is 12.1 Å². The molecule has 0 heterocycles. The van der Waals surface area contributed by atoms with Gasteiger partial charge in [0.1, 0.15) is 11.5 Å². The van der Waals surface area contributed by atoms with Crippen molar-refractivity contribution in [3.8, 4) is 16.9 Å². The van der Waals surface area contributed by atoms with E-state index in [2.05, 4.69) is 50.2 Å². The number of benzene rings is 2. The molecule has 0 saturated heterocycles. The van der Waals surface area contributed by atoms with Crippen LogP contribution in [0, 0.1) is 5.92 Å². The molecule has 0 N–H and O–H groups in total. The summed E-state index contributed by atoms with van der Waals surface area (Å²) in [5.74, 6) is 1.98. The number of ketones is 1. The highest BCUT2D eigenvalue weighted by molar-refractivity contribution is 5.86. The Hall–Kier alpha value is -2.09. The summed E-state index contributed by atoms with van der Waals surface area (Å²) < 4.78 is 5.78. The zero-order valence-electron chi connectivity index (χ0n) is 16.0. The quantitative estimate of drug-likeness (QED) is 0.540. The maximum Gasteiger partial charge on any atom is 0.140 e. The van der Waals surface area contributed by atoms with Crippen LogP contribution in [0.2, 0.25) is 0 Å². The molecule has 0 aromatic heterocycles. The van der Waals surface area contributed by atoms with Gasteiger partial charge in [0.15, 0.2) is 0 Å². The highest BCUT2D eigenvalue weighted by Gasteiger charge is 2.27. The number of hydrogen-bond donors (Lipinski definition) is 0. The predicted octanol–water partition coefficient (Wildman–Crippen LogP) is 6.40. The molecule has 2 atom stereocenters. The van der Waals surface area contributed by atoms with E-state index in [0.29, 0.717) is 11.7 Å². The lowest BCUT2D eigenvalue weighted by Crippen LogP contribution is -2.21. The fraction of sp³-hybridized carbons (Fsp3) is 0.458. The molecule has 26 heavy (non-hydrogen) atoms. The lowest BCUT2D eigenvalue weighted by Gasteiger charge is -2.25. The summed E-state index contributed by atoms with van der Waals surface area (Å²) >= 11 is 0. The van der Waals surface area contributed by atoms with E-state index in [0.717, 1.165) is 38.0 Å². The molecule has 1 saturated carbocycles. The maximum absolute atomic E-state index is 12.3. The summed E-state index contributed by atoms with van der Waals surface area (Å²) in [6, 6.07) is 16.8. The van der Waals surface area contributed by atoms with Crippen LogP contribution < -0.4 is 4.74 Å². The maximum atomic E-state index is 12.3. The third-order valence-corrected chi connectivity index (χ3v) is 5.40. The minimum atomic E-state index is 0.0964. The van der Waals surface area contributed by atoms with Gasteiger partial charge in [0.05, 0.1) is 6.61 Å². The van der Waals surface area contributed by atoms with E-state index in [9.17, 15) is 4.79 Å². The van der Waals surface area contributed by atoms with Crippen molar-refractivity contribution in [2.75, 3.05) is 6.61 Å². The van der Waals surface area contributed by atoms with Crippen LogP contribution >= 0.6 is 0 Å². The Labute approximate surface area is 157 Å². The van der Waals surface area contributed by atoms with Gasteiger partial charge in [-0.1, -0.05) is 63.1 Å². The zero-order chi connectivity index (χ0) is 18.4. The van der Waals surface area contributed by atoms with Crippen molar-refractivity contribution < 1.29 is 9.53 Å². The van der Waals surface area contributed by atoms with Gasteiger partial charge >= 0.3 is 0 Å². The van der Waals surface area contributed by atoms with Gasteiger partial charge in [-0.05, 0) is 54.0 Å². The monoisotopic (exact) mass is 350 g/mol. The molecule has 3 rings (SSSR count). The molecule has 0 aliphatic heterocycles. The highest BCUT2D eigenvalue weighted by Crippen LogP contribution is 2.34. The van der Waals surface area contributed by atoms with Gasteiger partial charge in [-0.15, -0.1) is 0 Å². The molecule has 138 valence electrons. The lowest BCUT2D eigenvalue weighted by atomic mass is 9.78. The Morgan fingerprint density at radius 2 is 1.58 bits per heavy atom. The van der Waals surface area contributed by atoms with Crippen LogP contribution in [0.3, 0.4) is 0 Å². The normalized spacial score (nSPS) is 20.2. The molecule has 2 aromatic carbocycles. The van der Waals surface area contributed by atoms with Gasteiger partial charge in [-0.25, -0.2) is 0 Å². The third-order valence-electron chi connectivity index (χ3n) is 5.40. The van der Waals surface area contributed by atoms with Crippen molar-refractivity contribution in [3.05, 3.63) is 54.1 Å². The molecule has 2 heteroatoms. The van der Waals surface area contributed by atoms with Crippen molar-refractivity contribution >= 4 is 5.78 Å². The molecule has 1 aliphatic rings. The Balaban J connectivity index is 1.62. The summed E-state index contributed by atoms with van der Waals surface area (Å²) in [7, 11) is 0. The Kier molecular flexibility index (Phi) is 6.49. The predicted molar refractivity (Wildman–Crippen MR) is 108 cm³/mol. The number of carbonyl (C=O) groups excluding carboxylic acids is 1. The molecule has 2 nitrogen and oxygen atoms in total. The average Bonchev–Trinajstić information content (AvgIpc) is 2.66. The second kappa shape index (κ2) is 9.02. The van der Waals surface area contributed by atoms with Gasteiger partial charge in [-0.2, -0.15) is 0 Å². The van der Waals surface area contributed by atoms with Crippen molar-refractivity contribution in [2.24, 2.45) is 5.92 Å². The van der Waals surface area contributed by atoms with Gasteiger partial charge in [0.25, 0.3) is 0 Å². The second-order valence-electron chi connectivity index (χ2n) is 7.61. The van der Waals surface area contributed by atoms with Crippen molar-refractivity contribution in [2.45, 2.75) is 58.3 Å². The first-order chi connectivity index (χ1) is 12.7. The topological polar surface area (TPSA) is 26.3 Å². The van der Waals surface area contributed by atoms with E-state index in [1.54, 1.807) is 0 Å². The first-order valence-corrected chi connectivity index (χ1v) is 10.0. The molecule has 1 fully saturated rings. The average molecular weight is 351 g/mol. The van der Waals surface area contributed by atoms with Gasteiger partial charge in [-0.3, -0.25) is 4.79 Å². The van der Waals surface area contributed by atoms with Gasteiger partial charge in [0.2, 0.25) is 0 Å². The summed E-state index contributed by atoms with van der Waals surface area (Å²) in [5, 5.41) is 0. The van der Waals surface area contributed by atoms with Crippen molar-refractivity contribution in [1.29, 1.82) is 0 Å². The SMILES string of the molecule is CCCCCOc1ccc(-c2ccc([C@H]3CC[C@H](C)CC3=O)cc2)cc1. The molecule has 2 aromatic rings. The summed E-state index contributed by atoms with van der Waals surface area (Å²) in [5.41, 5.74) is 3.53. The van der Waals surface area contributed by atoms with E-state index in [1.165, 1.54) is 29.5 Å². The van der Waals surface area contributed by atoms with Gasteiger partial charge in [0, 0.05) is 12.3 Å². The molecular weight excluding hydrogens is 320 g/mol. The van der Waals surface area contributed by atoms with Crippen LogP contribution in [0.1, 0.15) is 63.9 Å². The van der Waals surface area contributed by atoms with E-state index in [-0.39, 0.29) is 5.92 Å². The fourth-order valence-corrected chi connectivity index (χ4v) is 3.75. The minimum Gasteiger partial charge on any atom is -0.494 e. The molecule has 1 aliphatic carbocycles. The zero-order valence-corrected chi connectivity index (χ0v) is 16.0. The lowest BCUT2D eigenvalue weighted by molar-refractivity contribution is -0.123. The molecule has 0 amide bonds. The fourth-order valence-electron chi connectivity index (χ4n) is 3.75. The smallest absolute Gasteiger partial charge is 0.140 e. The number of ether oxygens (including phenoxy) is 1. The van der Waals surface area contributed by atoms with Crippen LogP contribution in [-0.4, -0.2) is 12.4 Å². The minimum absolute atomic E-state index is 0.0964. The van der Waals surface area contributed by atoms with Crippen molar-refractivity contribution in [1.82, 2.24) is 0 Å². The van der Waals surface area contributed by atoms with E-state index < -0.39 is 0 Å². The third kappa shape index (κ3) is 4.75. The number of carbonyl (C=O) groups is 1. The van der Waals surface area contributed by atoms with Crippen LogP contribution in [0.25, 0.3) is 11.1 Å². The first kappa shape index (κ1) is 18.7. The highest BCUT2D eigenvalue weighted by atomic mass is 16.5. The number of hydrogen-bond acceptors (Lipinski definition) is 2. The van der Waals surface area contributed by atoms with E-state index in [4.69, 9.17) is 4.74 Å². The second-order valence-corrected chi connectivity index (χ2v) is 7.61. The van der Waals surface area contributed by atoms with Crippen molar-refractivity contribution in [3.63, 3.8) is 0 Å². The first-order valence-electron chi connectivity index (χ1n) is 10.0. The number of rotatable bonds is 7. The Bertz CT molecular complexity index is 700. The Morgan fingerprint density at radius 3 is 2.19 bits per heavy atom. The summed E-state index contributed by atoms with van der Waals surface area (Å²) in [6.07, 6.45) is 6.41.